The number of nitrogens with zero attached hydrogens (tertiary/aromatic N) is 3. The zero-order chi connectivity index (χ0) is 16.5. The molecule has 4 rings (SSSR count). The maximum atomic E-state index is 5.56. The summed E-state index contributed by atoms with van der Waals surface area (Å²) in [7, 11) is 0. The second-order valence-corrected chi connectivity index (χ2v) is 8.20. The fourth-order valence-corrected chi connectivity index (χ4v) is 5.28. The van der Waals surface area contributed by atoms with Gasteiger partial charge < -0.3 is 9.09 Å². The van der Waals surface area contributed by atoms with Crippen molar-refractivity contribution in [2.75, 3.05) is 0 Å². The molecule has 130 valence electrons. The highest BCUT2D eigenvalue weighted by Gasteiger charge is 2.24. The molecule has 1 fully saturated rings. The van der Waals surface area contributed by atoms with Gasteiger partial charge in [-0.25, -0.2) is 4.98 Å². The lowest BCUT2D eigenvalue weighted by Crippen LogP contribution is -2.15. The highest BCUT2D eigenvalue weighted by Crippen LogP contribution is 2.36. The lowest BCUT2D eigenvalue weighted by atomic mass is 9.95. The minimum Gasteiger partial charge on any atom is -0.361 e. The minimum absolute atomic E-state index is 0.633. The second-order valence-electron chi connectivity index (χ2n) is 7.25. The fraction of sp³-hybridized carbons (Fsp3) is 0.684. The van der Waals surface area contributed by atoms with Crippen molar-refractivity contribution in [3.63, 3.8) is 0 Å². The Morgan fingerprint density at radius 3 is 2.71 bits per heavy atom. The molecule has 24 heavy (non-hydrogen) atoms. The summed E-state index contributed by atoms with van der Waals surface area (Å²) in [5.41, 5.74) is 5.03. The van der Waals surface area contributed by atoms with Crippen LogP contribution in [-0.2, 0) is 18.6 Å². The SMILES string of the molecule is Cc1nc(SCc2noc3c2CCCC3)n(C2CCCCC2)c1C. The smallest absolute Gasteiger partial charge is 0.169 e. The quantitative estimate of drug-likeness (QED) is 0.718. The van der Waals surface area contributed by atoms with Crippen LogP contribution in [0.15, 0.2) is 9.68 Å². The van der Waals surface area contributed by atoms with Gasteiger partial charge in [-0.3, -0.25) is 0 Å². The summed E-state index contributed by atoms with van der Waals surface area (Å²) in [5, 5.41) is 5.52. The first kappa shape index (κ1) is 16.2. The molecule has 0 aromatic carbocycles. The largest absolute Gasteiger partial charge is 0.361 e. The van der Waals surface area contributed by atoms with Gasteiger partial charge in [0.25, 0.3) is 0 Å². The zero-order valence-corrected chi connectivity index (χ0v) is 15.6. The van der Waals surface area contributed by atoms with E-state index in [9.17, 15) is 0 Å². The van der Waals surface area contributed by atoms with Crippen molar-refractivity contribution in [2.24, 2.45) is 0 Å². The van der Waals surface area contributed by atoms with Gasteiger partial charge in [0.15, 0.2) is 5.16 Å². The third-order valence-electron chi connectivity index (χ3n) is 5.66. The number of thioether (sulfide) groups is 1. The number of hydrogen-bond acceptors (Lipinski definition) is 4. The number of aryl methyl sites for hydroxylation is 2. The minimum atomic E-state index is 0.633. The summed E-state index contributed by atoms with van der Waals surface area (Å²) in [6, 6.07) is 0.633. The molecule has 5 heteroatoms. The van der Waals surface area contributed by atoms with E-state index in [-0.39, 0.29) is 0 Å². The van der Waals surface area contributed by atoms with Crippen molar-refractivity contribution < 1.29 is 4.52 Å². The maximum absolute atomic E-state index is 5.56. The average molecular weight is 346 g/mol. The van der Waals surface area contributed by atoms with Crippen molar-refractivity contribution in [2.45, 2.75) is 88.6 Å². The number of imidazole rings is 1. The molecule has 4 nitrogen and oxygen atoms in total. The molecule has 2 aromatic rings. The predicted molar refractivity (Wildman–Crippen MR) is 96.5 cm³/mol. The molecule has 0 radical (unpaired) electrons. The third-order valence-corrected chi connectivity index (χ3v) is 6.63. The number of aromatic nitrogens is 3. The molecule has 0 bridgehead atoms. The van der Waals surface area contributed by atoms with Crippen LogP contribution < -0.4 is 0 Å². The summed E-state index contributed by atoms with van der Waals surface area (Å²) in [6.45, 7) is 4.36. The van der Waals surface area contributed by atoms with Gasteiger partial charge in [0, 0.05) is 29.5 Å². The van der Waals surface area contributed by atoms with Gasteiger partial charge in [-0.15, -0.1) is 0 Å². The molecule has 1 saturated carbocycles. The lowest BCUT2D eigenvalue weighted by Gasteiger charge is -2.26. The molecule has 2 aromatic heterocycles. The summed E-state index contributed by atoms with van der Waals surface area (Å²) in [4.78, 5) is 4.86. The second kappa shape index (κ2) is 6.95. The number of rotatable bonds is 4. The van der Waals surface area contributed by atoms with E-state index < -0.39 is 0 Å². The average Bonchev–Trinajstić information content (AvgIpc) is 3.15. The Balaban J connectivity index is 1.54. The third kappa shape index (κ3) is 3.03. The van der Waals surface area contributed by atoms with E-state index in [1.165, 1.54) is 67.1 Å². The van der Waals surface area contributed by atoms with Crippen LogP contribution in [0.4, 0.5) is 0 Å². The Labute approximate surface area is 148 Å². The van der Waals surface area contributed by atoms with Gasteiger partial charge >= 0.3 is 0 Å². The van der Waals surface area contributed by atoms with E-state index >= 15 is 0 Å². The predicted octanol–water partition coefficient (Wildman–Crippen LogP) is 5.16. The molecule has 2 aliphatic rings. The maximum Gasteiger partial charge on any atom is 0.169 e. The van der Waals surface area contributed by atoms with Crippen molar-refractivity contribution >= 4 is 11.8 Å². The van der Waals surface area contributed by atoms with Crippen molar-refractivity contribution in [3.8, 4) is 0 Å². The molecule has 0 amide bonds. The van der Waals surface area contributed by atoms with Crippen LogP contribution in [0.5, 0.6) is 0 Å². The van der Waals surface area contributed by atoms with Crippen LogP contribution in [0.2, 0.25) is 0 Å². The summed E-state index contributed by atoms with van der Waals surface area (Å²) in [5.74, 6) is 2.00. The standard InChI is InChI=1S/C19H27N3OS/c1-13-14(2)22(15-8-4-3-5-9-15)19(20-13)24-12-17-16-10-6-7-11-18(16)23-21-17/h15H,3-12H2,1-2H3. The molecule has 0 aliphatic heterocycles. The molecular weight excluding hydrogens is 318 g/mol. The van der Waals surface area contributed by atoms with Gasteiger partial charge in [0.1, 0.15) is 5.76 Å². The number of hydrogen-bond donors (Lipinski definition) is 0. The van der Waals surface area contributed by atoms with Gasteiger partial charge in [-0.1, -0.05) is 36.2 Å². The number of fused-ring (bicyclic) bond motifs is 1. The molecule has 2 heterocycles. The Hall–Kier alpha value is -1.23. The highest BCUT2D eigenvalue weighted by molar-refractivity contribution is 7.98. The van der Waals surface area contributed by atoms with Gasteiger partial charge in [0.05, 0.1) is 11.4 Å². The zero-order valence-electron chi connectivity index (χ0n) is 14.8. The van der Waals surface area contributed by atoms with E-state index in [1.54, 1.807) is 0 Å². The molecule has 0 atom stereocenters. The fourth-order valence-electron chi connectivity index (χ4n) is 4.16. The van der Waals surface area contributed by atoms with Gasteiger partial charge in [-0.2, -0.15) is 0 Å². The topological polar surface area (TPSA) is 43.9 Å². The Morgan fingerprint density at radius 2 is 1.88 bits per heavy atom. The highest BCUT2D eigenvalue weighted by atomic mass is 32.2. The monoisotopic (exact) mass is 345 g/mol. The first-order valence-electron chi connectivity index (χ1n) is 9.38. The molecule has 0 spiro atoms. The Kier molecular flexibility index (Phi) is 4.70. The lowest BCUT2D eigenvalue weighted by molar-refractivity contribution is 0.332. The molecular formula is C19H27N3OS. The van der Waals surface area contributed by atoms with E-state index in [4.69, 9.17) is 9.51 Å². The summed E-state index contributed by atoms with van der Waals surface area (Å²) < 4.78 is 8.07. The first-order valence-corrected chi connectivity index (χ1v) is 10.4. The van der Waals surface area contributed by atoms with Crippen LogP contribution in [0.3, 0.4) is 0 Å². The molecule has 0 unspecified atom stereocenters. The van der Waals surface area contributed by atoms with Crippen LogP contribution in [0.1, 0.15) is 79.4 Å². The molecule has 2 aliphatic carbocycles. The Bertz CT molecular complexity index is 713. The van der Waals surface area contributed by atoms with Crippen LogP contribution in [-0.4, -0.2) is 14.7 Å². The van der Waals surface area contributed by atoms with Crippen LogP contribution in [0, 0.1) is 13.8 Å². The molecule has 0 N–H and O–H groups in total. The first-order chi connectivity index (χ1) is 11.7. The van der Waals surface area contributed by atoms with Gasteiger partial charge in [0.2, 0.25) is 0 Å². The summed E-state index contributed by atoms with van der Waals surface area (Å²) >= 11 is 1.84. The Morgan fingerprint density at radius 1 is 1.08 bits per heavy atom. The van der Waals surface area contributed by atoms with Crippen LogP contribution >= 0.6 is 11.8 Å². The summed E-state index contributed by atoms with van der Waals surface area (Å²) in [6.07, 6.45) is 11.4. The van der Waals surface area contributed by atoms with Crippen molar-refractivity contribution in [1.29, 1.82) is 0 Å². The van der Waals surface area contributed by atoms with E-state index in [0.717, 1.165) is 30.0 Å². The van der Waals surface area contributed by atoms with E-state index in [1.807, 2.05) is 11.8 Å². The normalized spacial score (nSPS) is 18.8. The molecule has 0 saturated heterocycles. The van der Waals surface area contributed by atoms with E-state index in [0.29, 0.717) is 6.04 Å². The van der Waals surface area contributed by atoms with Crippen molar-refractivity contribution in [3.05, 3.63) is 28.4 Å². The van der Waals surface area contributed by atoms with Crippen molar-refractivity contribution in [1.82, 2.24) is 14.7 Å². The van der Waals surface area contributed by atoms with Gasteiger partial charge in [-0.05, 0) is 46.0 Å². The van der Waals surface area contributed by atoms with Crippen LogP contribution in [0.25, 0.3) is 0 Å². The van der Waals surface area contributed by atoms with E-state index in [2.05, 4.69) is 23.6 Å².